The molecule has 1 rings (SSSR count). The van der Waals surface area contributed by atoms with E-state index in [1.54, 1.807) is 0 Å². The number of hydrogen-bond donors (Lipinski definition) is 3. The van der Waals surface area contributed by atoms with E-state index in [1.807, 2.05) is 31.2 Å². The monoisotopic (exact) mass is 313 g/mol. The fourth-order valence-electron chi connectivity index (χ4n) is 1.56. The van der Waals surface area contributed by atoms with Crippen LogP contribution < -0.4 is 16.4 Å². The third-order valence-corrected chi connectivity index (χ3v) is 3.01. The van der Waals surface area contributed by atoms with Crippen molar-refractivity contribution in [1.29, 1.82) is 0 Å². The van der Waals surface area contributed by atoms with Gasteiger partial charge in [-0.2, -0.15) is 0 Å². The molecular formula is C13H20BrN3O. The maximum absolute atomic E-state index is 11.5. The molecule has 1 aromatic carbocycles. The molecule has 18 heavy (non-hydrogen) atoms. The van der Waals surface area contributed by atoms with Gasteiger partial charge in [-0.3, -0.25) is 4.79 Å². The van der Waals surface area contributed by atoms with E-state index in [9.17, 15) is 4.79 Å². The molecule has 0 aliphatic heterocycles. The summed E-state index contributed by atoms with van der Waals surface area (Å²) in [4.78, 5) is 11.5. The summed E-state index contributed by atoms with van der Waals surface area (Å²) in [5, 5.41) is 6.04. The smallest absolute Gasteiger partial charge is 0.236 e. The van der Waals surface area contributed by atoms with Crippen LogP contribution in [0.5, 0.6) is 0 Å². The Kier molecular flexibility index (Phi) is 6.75. The Hall–Kier alpha value is -1.07. The van der Waals surface area contributed by atoms with Crippen molar-refractivity contribution >= 4 is 27.5 Å². The first-order valence-corrected chi connectivity index (χ1v) is 6.95. The number of halogens is 1. The number of anilines is 1. The predicted molar refractivity (Wildman–Crippen MR) is 78.5 cm³/mol. The highest BCUT2D eigenvalue weighted by molar-refractivity contribution is 9.10. The van der Waals surface area contributed by atoms with Crippen LogP contribution in [0.2, 0.25) is 0 Å². The van der Waals surface area contributed by atoms with Gasteiger partial charge in [0.2, 0.25) is 5.91 Å². The summed E-state index contributed by atoms with van der Waals surface area (Å²) < 4.78 is 1.03. The second kappa shape index (κ2) is 8.11. The zero-order chi connectivity index (χ0) is 13.4. The molecule has 5 heteroatoms. The SMILES string of the molecule is CCCC(N)C(=O)NCCNc1cccc(Br)c1. The summed E-state index contributed by atoms with van der Waals surface area (Å²) in [6, 6.07) is 7.51. The Bertz CT molecular complexity index is 384. The second-order valence-electron chi connectivity index (χ2n) is 4.12. The van der Waals surface area contributed by atoms with E-state index in [1.165, 1.54) is 0 Å². The van der Waals surface area contributed by atoms with Crippen molar-refractivity contribution in [3.05, 3.63) is 28.7 Å². The fraction of sp³-hybridized carbons (Fsp3) is 0.462. The number of rotatable bonds is 7. The molecule has 100 valence electrons. The molecule has 1 unspecified atom stereocenters. The number of benzene rings is 1. The number of amides is 1. The van der Waals surface area contributed by atoms with Gasteiger partial charge in [0.05, 0.1) is 6.04 Å². The minimum absolute atomic E-state index is 0.0760. The third kappa shape index (κ3) is 5.51. The summed E-state index contributed by atoms with van der Waals surface area (Å²) in [7, 11) is 0. The van der Waals surface area contributed by atoms with E-state index in [4.69, 9.17) is 5.73 Å². The zero-order valence-electron chi connectivity index (χ0n) is 10.6. The van der Waals surface area contributed by atoms with Gasteiger partial charge in [-0.15, -0.1) is 0 Å². The number of nitrogens with two attached hydrogens (primary N) is 1. The van der Waals surface area contributed by atoms with Crippen molar-refractivity contribution in [3.63, 3.8) is 0 Å². The van der Waals surface area contributed by atoms with E-state index in [-0.39, 0.29) is 11.9 Å². The van der Waals surface area contributed by atoms with Crippen molar-refractivity contribution in [1.82, 2.24) is 5.32 Å². The Morgan fingerprint density at radius 2 is 2.22 bits per heavy atom. The number of carbonyl (C=O) groups is 1. The molecular weight excluding hydrogens is 294 g/mol. The van der Waals surface area contributed by atoms with Gasteiger partial charge < -0.3 is 16.4 Å². The van der Waals surface area contributed by atoms with Crippen LogP contribution >= 0.6 is 15.9 Å². The van der Waals surface area contributed by atoms with Gasteiger partial charge in [-0.1, -0.05) is 35.3 Å². The molecule has 0 saturated carbocycles. The van der Waals surface area contributed by atoms with Crippen LogP contribution in [0.1, 0.15) is 19.8 Å². The lowest BCUT2D eigenvalue weighted by molar-refractivity contribution is -0.122. The lowest BCUT2D eigenvalue weighted by Gasteiger charge is -2.12. The topological polar surface area (TPSA) is 67.2 Å². The third-order valence-electron chi connectivity index (χ3n) is 2.51. The lowest BCUT2D eigenvalue weighted by atomic mass is 10.2. The first kappa shape index (κ1) is 15.0. The molecule has 0 saturated heterocycles. The molecule has 0 fully saturated rings. The summed E-state index contributed by atoms with van der Waals surface area (Å²) >= 11 is 3.40. The lowest BCUT2D eigenvalue weighted by Crippen LogP contribution is -2.42. The molecule has 1 aromatic rings. The van der Waals surface area contributed by atoms with Crippen LogP contribution in [-0.4, -0.2) is 25.0 Å². The van der Waals surface area contributed by atoms with E-state index >= 15 is 0 Å². The van der Waals surface area contributed by atoms with Crippen LogP contribution in [0.25, 0.3) is 0 Å². The van der Waals surface area contributed by atoms with E-state index in [0.29, 0.717) is 13.1 Å². The van der Waals surface area contributed by atoms with Gasteiger partial charge in [-0.05, 0) is 24.6 Å². The van der Waals surface area contributed by atoms with Crippen molar-refractivity contribution in [2.24, 2.45) is 5.73 Å². The maximum Gasteiger partial charge on any atom is 0.236 e. The Balaban J connectivity index is 2.21. The molecule has 1 atom stereocenters. The molecule has 0 radical (unpaired) electrons. The van der Waals surface area contributed by atoms with Crippen molar-refractivity contribution < 1.29 is 4.79 Å². The minimum Gasteiger partial charge on any atom is -0.383 e. The van der Waals surface area contributed by atoms with E-state index in [2.05, 4.69) is 26.6 Å². The molecule has 1 amide bonds. The number of hydrogen-bond acceptors (Lipinski definition) is 3. The minimum atomic E-state index is -0.388. The Labute approximate surface area is 116 Å². The highest BCUT2D eigenvalue weighted by Gasteiger charge is 2.10. The van der Waals surface area contributed by atoms with Gasteiger partial charge in [-0.25, -0.2) is 0 Å². The summed E-state index contributed by atoms with van der Waals surface area (Å²) in [5.41, 5.74) is 6.73. The quantitative estimate of drug-likeness (QED) is 0.675. The van der Waals surface area contributed by atoms with Crippen LogP contribution in [0, 0.1) is 0 Å². The van der Waals surface area contributed by atoms with Gasteiger partial charge in [0.25, 0.3) is 0 Å². The van der Waals surface area contributed by atoms with Crippen LogP contribution in [-0.2, 0) is 4.79 Å². The molecule has 4 N–H and O–H groups in total. The van der Waals surface area contributed by atoms with Crippen LogP contribution in [0.15, 0.2) is 28.7 Å². The molecule has 0 aliphatic rings. The molecule has 0 spiro atoms. The van der Waals surface area contributed by atoms with Gasteiger partial charge >= 0.3 is 0 Å². The van der Waals surface area contributed by atoms with Crippen LogP contribution in [0.4, 0.5) is 5.69 Å². The number of nitrogens with one attached hydrogen (secondary N) is 2. The average Bonchev–Trinajstić information content (AvgIpc) is 2.35. The van der Waals surface area contributed by atoms with Crippen LogP contribution in [0.3, 0.4) is 0 Å². The Morgan fingerprint density at radius 1 is 1.44 bits per heavy atom. The van der Waals surface area contributed by atoms with Gasteiger partial charge in [0.15, 0.2) is 0 Å². The van der Waals surface area contributed by atoms with Gasteiger partial charge in [0, 0.05) is 23.2 Å². The first-order valence-electron chi connectivity index (χ1n) is 6.16. The highest BCUT2D eigenvalue weighted by Crippen LogP contribution is 2.14. The fourth-order valence-corrected chi connectivity index (χ4v) is 1.96. The molecule has 0 bridgehead atoms. The predicted octanol–water partition coefficient (Wildman–Crippen LogP) is 2.10. The van der Waals surface area contributed by atoms with Crippen molar-refractivity contribution in [2.45, 2.75) is 25.8 Å². The Morgan fingerprint density at radius 3 is 2.89 bits per heavy atom. The van der Waals surface area contributed by atoms with E-state index in [0.717, 1.165) is 23.0 Å². The first-order chi connectivity index (χ1) is 8.63. The zero-order valence-corrected chi connectivity index (χ0v) is 12.2. The molecule has 0 aliphatic carbocycles. The summed E-state index contributed by atoms with van der Waals surface area (Å²) in [6.07, 6.45) is 1.65. The summed E-state index contributed by atoms with van der Waals surface area (Å²) in [5.74, 6) is -0.0760. The highest BCUT2D eigenvalue weighted by atomic mass is 79.9. The summed E-state index contributed by atoms with van der Waals surface area (Å²) in [6.45, 7) is 3.27. The molecule has 4 nitrogen and oxygen atoms in total. The van der Waals surface area contributed by atoms with E-state index < -0.39 is 0 Å². The standard InChI is InChI=1S/C13H20BrN3O/c1-2-4-12(15)13(18)17-8-7-16-11-6-3-5-10(14)9-11/h3,5-6,9,12,16H,2,4,7-8,15H2,1H3,(H,17,18). The largest absolute Gasteiger partial charge is 0.383 e. The number of carbonyl (C=O) groups excluding carboxylic acids is 1. The molecule has 0 heterocycles. The average molecular weight is 314 g/mol. The molecule has 0 aromatic heterocycles. The normalized spacial score (nSPS) is 11.9. The van der Waals surface area contributed by atoms with Crippen molar-refractivity contribution in [2.75, 3.05) is 18.4 Å². The maximum atomic E-state index is 11.5. The second-order valence-corrected chi connectivity index (χ2v) is 5.04. The van der Waals surface area contributed by atoms with Gasteiger partial charge in [0.1, 0.15) is 0 Å². The van der Waals surface area contributed by atoms with Crippen molar-refractivity contribution in [3.8, 4) is 0 Å².